The Morgan fingerprint density at radius 1 is 1.62 bits per heavy atom. The maximum atomic E-state index is 4.76. The smallest absolute Gasteiger partial charge is 0.110 e. The van der Waals surface area contributed by atoms with E-state index in [9.17, 15) is 0 Å². The number of hydrogen-bond donors (Lipinski definition) is 1. The molecule has 1 unspecified atom stereocenters. The second-order valence-electron chi connectivity index (χ2n) is 4.32. The molecule has 0 amide bonds. The van der Waals surface area contributed by atoms with Crippen molar-refractivity contribution >= 4 is 11.3 Å². The quantitative estimate of drug-likeness (QED) is 0.852. The number of rotatable bonds is 5. The van der Waals surface area contributed by atoms with Gasteiger partial charge in [0.2, 0.25) is 0 Å². The molecule has 1 fully saturated rings. The van der Waals surface area contributed by atoms with Crippen molar-refractivity contribution in [2.75, 3.05) is 26.7 Å². The zero-order valence-electron chi connectivity index (χ0n) is 10.2. The van der Waals surface area contributed by atoms with Gasteiger partial charge in [-0.25, -0.2) is 4.98 Å². The number of aromatic nitrogens is 1. The van der Waals surface area contributed by atoms with E-state index in [1.165, 1.54) is 30.1 Å². The van der Waals surface area contributed by atoms with Crippen LogP contribution in [-0.4, -0.2) is 36.6 Å². The van der Waals surface area contributed by atoms with Crippen LogP contribution in [-0.2, 0) is 6.42 Å². The highest BCUT2D eigenvalue weighted by Crippen LogP contribution is 2.33. The standard InChI is InChI=1S/C12H21N3S/c1-3-15-8-4-5-11(15)12-14-10(9-16-12)6-7-13-2/h9,11,13H,3-8H2,1-2H3. The normalized spacial score (nSPS) is 21.8. The molecule has 2 heterocycles. The van der Waals surface area contributed by atoms with Gasteiger partial charge in [-0.05, 0) is 33.0 Å². The SMILES string of the molecule is CCN1CCCC1c1nc(CCNC)cs1. The van der Waals surface area contributed by atoms with Crippen molar-refractivity contribution in [3.8, 4) is 0 Å². The fraction of sp³-hybridized carbons (Fsp3) is 0.750. The Morgan fingerprint density at radius 3 is 3.25 bits per heavy atom. The van der Waals surface area contributed by atoms with Gasteiger partial charge < -0.3 is 5.32 Å². The van der Waals surface area contributed by atoms with Crippen molar-refractivity contribution in [2.24, 2.45) is 0 Å². The van der Waals surface area contributed by atoms with E-state index in [-0.39, 0.29) is 0 Å². The monoisotopic (exact) mass is 239 g/mol. The molecule has 0 aromatic carbocycles. The zero-order valence-corrected chi connectivity index (χ0v) is 11.0. The van der Waals surface area contributed by atoms with E-state index in [1.54, 1.807) is 0 Å². The molecule has 1 aromatic heterocycles. The molecule has 0 radical (unpaired) electrons. The Bertz CT molecular complexity index is 324. The van der Waals surface area contributed by atoms with Crippen LogP contribution in [0.2, 0.25) is 0 Å². The van der Waals surface area contributed by atoms with Gasteiger partial charge in [-0.2, -0.15) is 0 Å². The van der Waals surface area contributed by atoms with Crippen molar-refractivity contribution in [2.45, 2.75) is 32.2 Å². The summed E-state index contributed by atoms with van der Waals surface area (Å²) in [4.78, 5) is 7.31. The third kappa shape index (κ3) is 2.62. The van der Waals surface area contributed by atoms with Crippen LogP contribution in [0.4, 0.5) is 0 Å². The van der Waals surface area contributed by atoms with Gasteiger partial charge in [0.15, 0.2) is 0 Å². The third-order valence-electron chi connectivity index (χ3n) is 3.26. The zero-order chi connectivity index (χ0) is 11.4. The van der Waals surface area contributed by atoms with Gasteiger partial charge >= 0.3 is 0 Å². The van der Waals surface area contributed by atoms with E-state index < -0.39 is 0 Å². The molecule has 0 bridgehead atoms. The van der Waals surface area contributed by atoms with E-state index in [4.69, 9.17) is 4.98 Å². The lowest BCUT2D eigenvalue weighted by Gasteiger charge is -2.20. The van der Waals surface area contributed by atoms with Crippen LogP contribution in [0.15, 0.2) is 5.38 Å². The van der Waals surface area contributed by atoms with Crippen molar-refractivity contribution in [1.29, 1.82) is 0 Å². The maximum Gasteiger partial charge on any atom is 0.110 e. The summed E-state index contributed by atoms with van der Waals surface area (Å²) in [5.41, 5.74) is 1.25. The third-order valence-corrected chi connectivity index (χ3v) is 4.25. The van der Waals surface area contributed by atoms with Gasteiger partial charge in [0.05, 0.1) is 11.7 Å². The Hall–Kier alpha value is -0.450. The fourth-order valence-corrected chi connectivity index (χ4v) is 3.35. The highest BCUT2D eigenvalue weighted by molar-refractivity contribution is 7.09. The molecule has 2 rings (SSSR count). The molecule has 90 valence electrons. The second-order valence-corrected chi connectivity index (χ2v) is 5.21. The van der Waals surface area contributed by atoms with Gasteiger partial charge in [0.25, 0.3) is 0 Å². The van der Waals surface area contributed by atoms with E-state index in [1.807, 2.05) is 18.4 Å². The second kappa shape index (κ2) is 5.75. The molecule has 4 heteroatoms. The van der Waals surface area contributed by atoms with Gasteiger partial charge in [-0.3, -0.25) is 4.90 Å². The highest BCUT2D eigenvalue weighted by atomic mass is 32.1. The molecule has 16 heavy (non-hydrogen) atoms. The molecule has 3 nitrogen and oxygen atoms in total. The first-order chi connectivity index (χ1) is 7.85. The number of likely N-dealkylation sites (N-methyl/N-ethyl adjacent to an activating group) is 1. The van der Waals surface area contributed by atoms with Crippen molar-refractivity contribution < 1.29 is 0 Å². The lowest BCUT2D eigenvalue weighted by Crippen LogP contribution is -2.22. The van der Waals surface area contributed by atoms with Gasteiger partial charge in [0.1, 0.15) is 5.01 Å². The van der Waals surface area contributed by atoms with E-state index in [0.29, 0.717) is 6.04 Å². The predicted octanol–water partition coefficient (Wildman–Crippen LogP) is 2.06. The fourth-order valence-electron chi connectivity index (χ4n) is 2.33. The Morgan fingerprint density at radius 2 is 2.50 bits per heavy atom. The first-order valence-electron chi connectivity index (χ1n) is 6.18. The summed E-state index contributed by atoms with van der Waals surface area (Å²) in [7, 11) is 1.99. The summed E-state index contributed by atoms with van der Waals surface area (Å²) in [5, 5.41) is 6.71. The number of nitrogens with one attached hydrogen (secondary N) is 1. The molecule has 1 N–H and O–H groups in total. The molecule has 1 saturated heterocycles. The van der Waals surface area contributed by atoms with E-state index in [0.717, 1.165) is 19.5 Å². The van der Waals surface area contributed by atoms with Crippen LogP contribution in [0.1, 0.15) is 36.5 Å². The summed E-state index contributed by atoms with van der Waals surface area (Å²) in [6, 6.07) is 0.596. The molecule has 1 aliphatic rings. The van der Waals surface area contributed by atoms with Crippen LogP contribution in [0.3, 0.4) is 0 Å². The molecule has 0 spiro atoms. The number of hydrogen-bond acceptors (Lipinski definition) is 4. The lowest BCUT2D eigenvalue weighted by molar-refractivity contribution is 0.271. The first kappa shape index (κ1) is 12.0. The molecule has 0 aliphatic carbocycles. The minimum Gasteiger partial charge on any atom is -0.319 e. The van der Waals surface area contributed by atoms with Crippen molar-refractivity contribution in [1.82, 2.24) is 15.2 Å². The summed E-state index contributed by atoms with van der Waals surface area (Å²) in [6.07, 6.45) is 3.66. The summed E-state index contributed by atoms with van der Waals surface area (Å²) < 4.78 is 0. The summed E-state index contributed by atoms with van der Waals surface area (Å²) in [6.45, 7) is 5.65. The van der Waals surface area contributed by atoms with Crippen molar-refractivity contribution in [3.05, 3.63) is 16.1 Å². The van der Waals surface area contributed by atoms with E-state index in [2.05, 4.69) is 22.5 Å². The average Bonchev–Trinajstić information content (AvgIpc) is 2.94. The van der Waals surface area contributed by atoms with Gasteiger partial charge in [0, 0.05) is 18.3 Å². The summed E-state index contributed by atoms with van der Waals surface area (Å²) in [5.74, 6) is 0. The van der Waals surface area contributed by atoms with E-state index >= 15 is 0 Å². The molecule has 0 saturated carbocycles. The molecular weight excluding hydrogens is 218 g/mol. The Balaban J connectivity index is 2.00. The number of likely N-dealkylation sites (tertiary alicyclic amines) is 1. The largest absolute Gasteiger partial charge is 0.319 e. The molecular formula is C12H21N3S. The molecule has 1 atom stereocenters. The Kier molecular flexibility index (Phi) is 4.32. The molecule has 1 aromatic rings. The summed E-state index contributed by atoms with van der Waals surface area (Å²) >= 11 is 1.84. The lowest BCUT2D eigenvalue weighted by atomic mass is 10.2. The number of thiazole rings is 1. The minimum absolute atomic E-state index is 0.596. The minimum atomic E-state index is 0.596. The van der Waals surface area contributed by atoms with Crippen LogP contribution >= 0.6 is 11.3 Å². The predicted molar refractivity (Wildman–Crippen MR) is 69.0 cm³/mol. The van der Waals surface area contributed by atoms with Crippen LogP contribution in [0.25, 0.3) is 0 Å². The van der Waals surface area contributed by atoms with Gasteiger partial charge in [-0.15, -0.1) is 11.3 Å². The van der Waals surface area contributed by atoms with Gasteiger partial charge in [-0.1, -0.05) is 6.92 Å². The first-order valence-corrected chi connectivity index (χ1v) is 7.06. The average molecular weight is 239 g/mol. The van der Waals surface area contributed by atoms with Crippen LogP contribution < -0.4 is 5.32 Å². The van der Waals surface area contributed by atoms with Crippen LogP contribution in [0.5, 0.6) is 0 Å². The topological polar surface area (TPSA) is 28.2 Å². The highest BCUT2D eigenvalue weighted by Gasteiger charge is 2.26. The number of nitrogens with zero attached hydrogens (tertiary/aromatic N) is 2. The maximum absolute atomic E-state index is 4.76. The molecule has 1 aliphatic heterocycles. The van der Waals surface area contributed by atoms with Crippen LogP contribution in [0, 0.1) is 0 Å². The Labute approximate surface area is 102 Å². The van der Waals surface area contributed by atoms with Crippen molar-refractivity contribution in [3.63, 3.8) is 0 Å².